The number of aromatic carboxylic acids is 1. The summed E-state index contributed by atoms with van der Waals surface area (Å²) in [5, 5.41) is 23.6. The lowest BCUT2D eigenvalue weighted by atomic mass is 10.1. The summed E-state index contributed by atoms with van der Waals surface area (Å²) in [5.41, 5.74) is 3.65. The first kappa shape index (κ1) is 15.5. The Bertz CT molecular complexity index is 768. The number of carboxylic acid groups (broad SMARTS) is 1. The van der Waals surface area contributed by atoms with E-state index in [1.54, 1.807) is 23.7 Å². The number of nitrogens with zero attached hydrogens (tertiary/aromatic N) is 2. The van der Waals surface area contributed by atoms with Crippen LogP contribution in [0.25, 0.3) is 10.9 Å². The first-order chi connectivity index (χ1) is 11.0. The summed E-state index contributed by atoms with van der Waals surface area (Å²) in [7, 11) is 0. The minimum Gasteiger partial charge on any atom is -0.478 e. The molecule has 1 aliphatic carbocycles. The van der Waals surface area contributed by atoms with Gasteiger partial charge in [-0.05, 0) is 37.8 Å². The molecule has 3 N–H and O–H groups in total. The molecule has 0 radical (unpaired) electrons. The monoisotopic (exact) mass is 317 g/mol. The number of fused-ring (bicyclic) bond motifs is 1. The molecule has 0 aliphatic heterocycles. The van der Waals surface area contributed by atoms with E-state index in [1.165, 1.54) is 0 Å². The summed E-state index contributed by atoms with van der Waals surface area (Å²) in [4.78, 5) is 22.8. The van der Waals surface area contributed by atoms with Crippen LogP contribution < -0.4 is 5.48 Å². The SMILES string of the molecule is CCc1nn([C@@H]2CCC(C(=O)NO)C2)c2cc(C(=O)O)ccc12. The number of carbonyl (C=O) groups excluding carboxylic acids is 1. The summed E-state index contributed by atoms with van der Waals surface area (Å²) >= 11 is 0. The second-order valence-corrected chi connectivity index (χ2v) is 5.92. The quantitative estimate of drug-likeness (QED) is 0.592. The van der Waals surface area contributed by atoms with Gasteiger partial charge in [0.25, 0.3) is 0 Å². The Balaban J connectivity index is 2.01. The Morgan fingerprint density at radius 1 is 1.39 bits per heavy atom. The molecule has 23 heavy (non-hydrogen) atoms. The Morgan fingerprint density at radius 3 is 2.83 bits per heavy atom. The van der Waals surface area contributed by atoms with Crippen molar-refractivity contribution < 1.29 is 19.9 Å². The van der Waals surface area contributed by atoms with Gasteiger partial charge in [0.15, 0.2) is 0 Å². The second kappa shape index (κ2) is 6.00. The van der Waals surface area contributed by atoms with Gasteiger partial charge in [-0.1, -0.05) is 13.0 Å². The van der Waals surface area contributed by atoms with Gasteiger partial charge in [0.2, 0.25) is 5.91 Å². The molecule has 7 heteroatoms. The molecule has 0 spiro atoms. The van der Waals surface area contributed by atoms with E-state index in [9.17, 15) is 14.7 Å². The summed E-state index contributed by atoms with van der Waals surface area (Å²) in [6, 6.07) is 5.06. The predicted octanol–water partition coefficient (Wildman–Crippen LogP) is 2.14. The van der Waals surface area contributed by atoms with Gasteiger partial charge < -0.3 is 5.11 Å². The van der Waals surface area contributed by atoms with Gasteiger partial charge >= 0.3 is 5.97 Å². The maximum Gasteiger partial charge on any atom is 0.335 e. The van der Waals surface area contributed by atoms with Gasteiger partial charge in [0, 0.05) is 11.3 Å². The standard InChI is InChI=1S/C16H19N3O4/c1-2-13-12-6-4-10(16(21)22)8-14(12)19(17-13)11-5-3-9(7-11)15(20)18-23/h4,6,8-9,11,23H,2-3,5,7H2,1H3,(H,18,20)(H,21,22)/t9?,11-/m1/s1. The topological polar surface area (TPSA) is 104 Å². The van der Waals surface area contributed by atoms with E-state index in [2.05, 4.69) is 5.10 Å². The molecule has 1 unspecified atom stereocenters. The third-order valence-electron chi connectivity index (χ3n) is 4.60. The van der Waals surface area contributed by atoms with Crippen LogP contribution >= 0.6 is 0 Å². The Morgan fingerprint density at radius 2 is 2.17 bits per heavy atom. The van der Waals surface area contributed by atoms with Crippen LogP contribution in [0.1, 0.15) is 48.3 Å². The molecular weight excluding hydrogens is 298 g/mol. The van der Waals surface area contributed by atoms with Crippen molar-refractivity contribution >= 4 is 22.8 Å². The average molecular weight is 317 g/mol. The maximum absolute atomic E-state index is 11.6. The van der Waals surface area contributed by atoms with Crippen LogP contribution in [-0.2, 0) is 11.2 Å². The van der Waals surface area contributed by atoms with Crippen LogP contribution in [0.4, 0.5) is 0 Å². The van der Waals surface area contributed by atoms with E-state index >= 15 is 0 Å². The van der Waals surface area contributed by atoms with Crippen LogP contribution in [0.15, 0.2) is 18.2 Å². The van der Waals surface area contributed by atoms with Crippen molar-refractivity contribution in [2.75, 3.05) is 0 Å². The van der Waals surface area contributed by atoms with E-state index in [0.717, 1.165) is 29.4 Å². The number of nitrogens with one attached hydrogen (secondary N) is 1. The Hall–Kier alpha value is -2.41. The molecule has 1 aromatic carbocycles. The van der Waals surface area contributed by atoms with Gasteiger partial charge in [0.05, 0.1) is 22.8 Å². The highest BCUT2D eigenvalue weighted by molar-refractivity contribution is 5.94. The number of aryl methyl sites for hydroxylation is 1. The van der Waals surface area contributed by atoms with Crippen molar-refractivity contribution in [2.24, 2.45) is 5.92 Å². The molecule has 2 aromatic rings. The van der Waals surface area contributed by atoms with Crippen molar-refractivity contribution in [3.8, 4) is 0 Å². The molecule has 1 aliphatic rings. The molecular formula is C16H19N3O4. The van der Waals surface area contributed by atoms with Crippen molar-refractivity contribution in [1.82, 2.24) is 15.3 Å². The maximum atomic E-state index is 11.6. The number of rotatable bonds is 4. The molecule has 0 saturated heterocycles. The number of hydrogen-bond donors (Lipinski definition) is 3. The largest absolute Gasteiger partial charge is 0.478 e. The summed E-state index contributed by atoms with van der Waals surface area (Å²) in [6.45, 7) is 2.01. The number of hydrogen-bond acceptors (Lipinski definition) is 4. The first-order valence-electron chi connectivity index (χ1n) is 7.73. The lowest BCUT2D eigenvalue weighted by Crippen LogP contribution is -2.26. The highest BCUT2D eigenvalue weighted by Gasteiger charge is 2.32. The first-order valence-corrected chi connectivity index (χ1v) is 7.73. The molecule has 1 saturated carbocycles. The smallest absolute Gasteiger partial charge is 0.335 e. The highest BCUT2D eigenvalue weighted by atomic mass is 16.5. The molecule has 1 heterocycles. The van der Waals surface area contributed by atoms with Crippen molar-refractivity contribution in [3.63, 3.8) is 0 Å². The van der Waals surface area contributed by atoms with Crippen LogP contribution in [0, 0.1) is 5.92 Å². The molecule has 1 aromatic heterocycles. The third-order valence-corrected chi connectivity index (χ3v) is 4.60. The fourth-order valence-corrected chi connectivity index (χ4v) is 3.38. The second-order valence-electron chi connectivity index (χ2n) is 5.92. The van der Waals surface area contributed by atoms with E-state index in [0.29, 0.717) is 12.8 Å². The summed E-state index contributed by atoms with van der Waals surface area (Å²) in [5.74, 6) is -1.58. The predicted molar refractivity (Wildman–Crippen MR) is 82.4 cm³/mol. The minimum atomic E-state index is -0.971. The van der Waals surface area contributed by atoms with Crippen molar-refractivity contribution in [2.45, 2.75) is 38.6 Å². The number of carboxylic acids is 1. The van der Waals surface area contributed by atoms with E-state index in [1.807, 2.05) is 11.6 Å². The molecule has 1 amide bonds. The molecule has 0 bridgehead atoms. The zero-order valence-electron chi connectivity index (χ0n) is 12.8. The third kappa shape index (κ3) is 2.68. The van der Waals surface area contributed by atoms with Crippen LogP contribution in [0.3, 0.4) is 0 Å². The van der Waals surface area contributed by atoms with Crippen LogP contribution in [-0.4, -0.2) is 32.0 Å². The van der Waals surface area contributed by atoms with Crippen molar-refractivity contribution in [3.05, 3.63) is 29.5 Å². The van der Waals surface area contributed by atoms with E-state index in [-0.39, 0.29) is 23.4 Å². The van der Waals surface area contributed by atoms with Crippen LogP contribution in [0.5, 0.6) is 0 Å². The number of amides is 1. The molecule has 1 fully saturated rings. The molecule has 3 rings (SSSR count). The normalized spacial score (nSPS) is 20.8. The Labute approximate surface area is 132 Å². The minimum absolute atomic E-state index is 0.0316. The van der Waals surface area contributed by atoms with E-state index in [4.69, 9.17) is 5.21 Å². The fourth-order valence-electron chi connectivity index (χ4n) is 3.38. The zero-order chi connectivity index (χ0) is 16.6. The molecule has 122 valence electrons. The van der Waals surface area contributed by atoms with Crippen LogP contribution in [0.2, 0.25) is 0 Å². The van der Waals surface area contributed by atoms with E-state index < -0.39 is 5.97 Å². The lowest BCUT2D eigenvalue weighted by Gasteiger charge is -2.12. The van der Waals surface area contributed by atoms with Gasteiger partial charge in [0.1, 0.15) is 0 Å². The van der Waals surface area contributed by atoms with Gasteiger partial charge in [-0.15, -0.1) is 0 Å². The van der Waals surface area contributed by atoms with Gasteiger partial charge in [-0.25, -0.2) is 10.3 Å². The van der Waals surface area contributed by atoms with Crippen molar-refractivity contribution in [1.29, 1.82) is 0 Å². The highest BCUT2D eigenvalue weighted by Crippen LogP contribution is 2.37. The molecule has 7 nitrogen and oxygen atoms in total. The number of carbonyl (C=O) groups is 2. The van der Waals surface area contributed by atoms with Gasteiger partial charge in [-0.2, -0.15) is 5.10 Å². The Kier molecular flexibility index (Phi) is 4.04. The summed E-state index contributed by atoms with van der Waals surface area (Å²) < 4.78 is 1.85. The number of benzene rings is 1. The lowest BCUT2D eigenvalue weighted by molar-refractivity contribution is -0.133. The molecule has 2 atom stereocenters. The fraction of sp³-hybridized carbons (Fsp3) is 0.438. The number of aromatic nitrogens is 2. The van der Waals surface area contributed by atoms with Gasteiger partial charge in [-0.3, -0.25) is 14.7 Å². The average Bonchev–Trinajstić information content (AvgIpc) is 3.17. The number of hydroxylamine groups is 1. The zero-order valence-corrected chi connectivity index (χ0v) is 12.8. The summed E-state index contributed by atoms with van der Waals surface area (Å²) in [6.07, 6.45) is 2.79.